The first-order chi connectivity index (χ1) is 14.4. The van der Waals surface area contributed by atoms with Crippen molar-refractivity contribution in [3.63, 3.8) is 0 Å². The van der Waals surface area contributed by atoms with Gasteiger partial charge >= 0.3 is 0 Å². The Hall–Kier alpha value is -2.80. The number of nitrogens with zero attached hydrogens (tertiary/aromatic N) is 1. The highest BCUT2D eigenvalue weighted by Crippen LogP contribution is 2.46. The van der Waals surface area contributed by atoms with Crippen molar-refractivity contribution in [3.8, 4) is 5.75 Å². The summed E-state index contributed by atoms with van der Waals surface area (Å²) >= 11 is 13.4. The summed E-state index contributed by atoms with van der Waals surface area (Å²) in [6.45, 7) is 0. The number of Topliss-reactive ketones (excluding diaryl/α,β-unsaturated/α-hetero) is 1. The monoisotopic (exact) mass is 459 g/mol. The molecular formula is C22H15Cl2NO4S. The molecule has 3 aromatic rings. The Morgan fingerprint density at radius 3 is 2.50 bits per heavy atom. The molecule has 2 heterocycles. The van der Waals surface area contributed by atoms with Gasteiger partial charge in [-0.25, -0.2) is 0 Å². The number of carbonyl (C=O) groups excluding carboxylic acids is 2. The van der Waals surface area contributed by atoms with Crippen LogP contribution in [0.3, 0.4) is 0 Å². The lowest BCUT2D eigenvalue weighted by Gasteiger charge is -2.25. The van der Waals surface area contributed by atoms with Crippen LogP contribution < -0.4 is 9.64 Å². The zero-order valence-electron chi connectivity index (χ0n) is 15.6. The number of hydrogen-bond acceptors (Lipinski definition) is 5. The van der Waals surface area contributed by atoms with Crippen molar-refractivity contribution in [2.75, 3.05) is 12.0 Å². The molecule has 2 aromatic carbocycles. The molecular weight excluding hydrogens is 445 g/mol. The Labute approximate surface area is 186 Å². The molecule has 1 fully saturated rings. The number of para-hydroxylation sites is 2. The molecule has 1 N–H and O–H groups in total. The highest BCUT2D eigenvalue weighted by Gasteiger charge is 2.48. The molecule has 1 aliphatic heterocycles. The Bertz CT molecular complexity index is 1170. The fourth-order valence-electron chi connectivity index (χ4n) is 3.42. The van der Waals surface area contributed by atoms with Gasteiger partial charge < -0.3 is 9.84 Å². The molecule has 0 saturated carbocycles. The van der Waals surface area contributed by atoms with Crippen LogP contribution in [-0.2, 0) is 9.59 Å². The number of benzene rings is 2. The topological polar surface area (TPSA) is 66.8 Å². The number of amides is 1. The molecule has 1 atom stereocenters. The van der Waals surface area contributed by atoms with Gasteiger partial charge in [0.2, 0.25) is 0 Å². The Morgan fingerprint density at radius 1 is 1.07 bits per heavy atom. The van der Waals surface area contributed by atoms with Gasteiger partial charge in [-0.2, -0.15) is 0 Å². The van der Waals surface area contributed by atoms with E-state index in [1.165, 1.54) is 35.5 Å². The largest absolute Gasteiger partial charge is 0.507 e. The normalized spacial score (nSPS) is 18.1. The quantitative estimate of drug-likeness (QED) is 0.309. The van der Waals surface area contributed by atoms with E-state index < -0.39 is 17.7 Å². The van der Waals surface area contributed by atoms with Gasteiger partial charge in [-0.15, -0.1) is 11.3 Å². The summed E-state index contributed by atoms with van der Waals surface area (Å²) in [7, 11) is 1.49. The minimum absolute atomic E-state index is 0.0215. The van der Waals surface area contributed by atoms with Gasteiger partial charge in [0.25, 0.3) is 11.7 Å². The van der Waals surface area contributed by atoms with Gasteiger partial charge in [0.15, 0.2) is 0 Å². The number of carbonyl (C=O) groups is 2. The number of rotatable bonds is 4. The molecule has 0 bridgehead atoms. The van der Waals surface area contributed by atoms with Crippen LogP contribution in [0.1, 0.15) is 16.5 Å². The summed E-state index contributed by atoms with van der Waals surface area (Å²) < 4.78 is 5.40. The number of hydrogen-bond donors (Lipinski definition) is 1. The third kappa shape index (κ3) is 3.37. The second-order valence-corrected chi connectivity index (χ2v) is 8.28. The van der Waals surface area contributed by atoms with Crippen molar-refractivity contribution in [3.05, 3.63) is 86.0 Å². The van der Waals surface area contributed by atoms with Crippen molar-refractivity contribution >= 4 is 57.7 Å². The van der Waals surface area contributed by atoms with E-state index >= 15 is 0 Å². The van der Waals surface area contributed by atoms with E-state index in [1.807, 2.05) is 17.5 Å². The van der Waals surface area contributed by atoms with Crippen LogP contribution in [-0.4, -0.2) is 23.9 Å². The first kappa shape index (κ1) is 20.5. The SMILES string of the molecule is COc1ccccc1N1C(=O)C(=O)/C(=C(\O)c2ccc(Cl)c(Cl)c2)C1c1cccs1. The number of methoxy groups -OCH3 is 1. The fourth-order valence-corrected chi connectivity index (χ4v) is 4.55. The molecule has 5 nitrogen and oxygen atoms in total. The van der Waals surface area contributed by atoms with Crippen molar-refractivity contribution in [2.24, 2.45) is 0 Å². The molecule has 8 heteroatoms. The number of ether oxygens (including phenoxy) is 1. The minimum Gasteiger partial charge on any atom is -0.507 e. The average molecular weight is 460 g/mol. The molecule has 30 heavy (non-hydrogen) atoms. The number of halogens is 2. The predicted molar refractivity (Wildman–Crippen MR) is 119 cm³/mol. The second-order valence-electron chi connectivity index (χ2n) is 6.49. The zero-order chi connectivity index (χ0) is 21.4. The first-order valence-corrected chi connectivity index (χ1v) is 10.5. The molecule has 0 spiro atoms. The number of thiophene rings is 1. The van der Waals surface area contributed by atoms with Crippen LogP contribution in [0.25, 0.3) is 5.76 Å². The van der Waals surface area contributed by atoms with E-state index in [9.17, 15) is 14.7 Å². The first-order valence-electron chi connectivity index (χ1n) is 8.87. The number of aliphatic hydroxyl groups excluding tert-OH is 1. The molecule has 0 aliphatic carbocycles. The van der Waals surface area contributed by atoms with Crippen LogP contribution in [0.15, 0.2) is 65.6 Å². The molecule has 1 amide bonds. The number of aliphatic hydroxyl groups is 1. The summed E-state index contributed by atoms with van der Waals surface area (Å²) in [5.74, 6) is -1.42. The Morgan fingerprint density at radius 2 is 1.83 bits per heavy atom. The van der Waals surface area contributed by atoms with Gasteiger partial charge in [0, 0.05) is 10.4 Å². The third-order valence-corrected chi connectivity index (χ3v) is 6.46. The lowest BCUT2D eigenvalue weighted by molar-refractivity contribution is -0.132. The maximum atomic E-state index is 13.1. The lowest BCUT2D eigenvalue weighted by atomic mass is 9.99. The molecule has 1 saturated heterocycles. The van der Waals surface area contributed by atoms with E-state index in [0.717, 1.165) is 4.88 Å². The fraction of sp³-hybridized carbons (Fsp3) is 0.0909. The summed E-state index contributed by atoms with van der Waals surface area (Å²) in [6.07, 6.45) is 0. The van der Waals surface area contributed by atoms with Crippen LogP contribution in [0.4, 0.5) is 5.69 Å². The van der Waals surface area contributed by atoms with Crippen molar-refractivity contribution in [1.82, 2.24) is 0 Å². The van der Waals surface area contributed by atoms with Crippen molar-refractivity contribution in [1.29, 1.82) is 0 Å². The van der Waals surface area contributed by atoms with Gasteiger partial charge in [-0.3, -0.25) is 14.5 Å². The maximum Gasteiger partial charge on any atom is 0.300 e. The average Bonchev–Trinajstić information content (AvgIpc) is 3.37. The van der Waals surface area contributed by atoms with Gasteiger partial charge in [-0.1, -0.05) is 41.4 Å². The highest BCUT2D eigenvalue weighted by atomic mass is 35.5. The molecule has 1 aromatic heterocycles. The van der Waals surface area contributed by atoms with Crippen LogP contribution in [0, 0.1) is 0 Å². The smallest absolute Gasteiger partial charge is 0.300 e. The summed E-state index contributed by atoms with van der Waals surface area (Å²) in [5.41, 5.74) is 0.712. The van der Waals surface area contributed by atoms with Crippen molar-refractivity contribution in [2.45, 2.75) is 6.04 Å². The predicted octanol–water partition coefficient (Wildman–Crippen LogP) is 5.69. The standard InChI is InChI=1S/C22H15Cl2NO4S/c1-29-16-6-3-2-5-15(16)25-19(17-7-4-10-30-17)18(21(27)22(25)28)20(26)12-8-9-13(23)14(24)11-12/h2-11,19,26H,1H3/b20-18-. The maximum absolute atomic E-state index is 13.1. The Kier molecular flexibility index (Phi) is 5.56. The van der Waals surface area contributed by atoms with E-state index in [2.05, 4.69) is 0 Å². The molecule has 152 valence electrons. The number of anilines is 1. The van der Waals surface area contributed by atoms with Gasteiger partial charge in [0.05, 0.1) is 28.4 Å². The summed E-state index contributed by atoms with van der Waals surface area (Å²) in [6, 6.07) is 14.3. The molecule has 4 rings (SSSR count). The zero-order valence-corrected chi connectivity index (χ0v) is 18.0. The summed E-state index contributed by atoms with van der Waals surface area (Å²) in [5, 5.41) is 13.4. The lowest BCUT2D eigenvalue weighted by Crippen LogP contribution is -2.29. The van der Waals surface area contributed by atoms with E-state index in [0.29, 0.717) is 22.0 Å². The number of ketones is 1. The Balaban J connectivity index is 1.95. The summed E-state index contributed by atoms with van der Waals surface area (Å²) in [4.78, 5) is 28.2. The molecule has 1 aliphatic rings. The van der Waals surface area contributed by atoms with E-state index in [-0.39, 0.29) is 16.4 Å². The molecule has 0 radical (unpaired) electrons. The van der Waals surface area contributed by atoms with Crippen LogP contribution in [0.2, 0.25) is 10.0 Å². The van der Waals surface area contributed by atoms with Gasteiger partial charge in [0.1, 0.15) is 17.6 Å². The molecule has 1 unspecified atom stereocenters. The third-order valence-electron chi connectivity index (χ3n) is 4.79. The highest BCUT2D eigenvalue weighted by molar-refractivity contribution is 7.10. The van der Waals surface area contributed by atoms with E-state index in [4.69, 9.17) is 27.9 Å². The van der Waals surface area contributed by atoms with Crippen LogP contribution in [0.5, 0.6) is 5.75 Å². The van der Waals surface area contributed by atoms with Gasteiger partial charge in [-0.05, 0) is 41.8 Å². The second kappa shape index (κ2) is 8.14. The minimum atomic E-state index is -0.809. The van der Waals surface area contributed by atoms with E-state index in [1.54, 1.807) is 30.3 Å². The van der Waals surface area contributed by atoms with Crippen molar-refractivity contribution < 1.29 is 19.4 Å². The van der Waals surface area contributed by atoms with Crippen LogP contribution >= 0.6 is 34.5 Å².